The van der Waals surface area contributed by atoms with Crippen LogP contribution in [0.5, 0.6) is 0 Å². The minimum Gasteiger partial charge on any atom is -0.378 e. The first-order valence-corrected chi connectivity index (χ1v) is 10.5. The van der Waals surface area contributed by atoms with Crippen molar-refractivity contribution in [2.24, 2.45) is 4.99 Å². The first kappa shape index (κ1) is 19.8. The maximum atomic E-state index is 12.5. The highest BCUT2D eigenvalue weighted by Gasteiger charge is 2.31. The van der Waals surface area contributed by atoms with Gasteiger partial charge in [-0.15, -0.1) is 0 Å². The summed E-state index contributed by atoms with van der Waals surface area (Å²) in [6.07, 6.45) is 1.48. The Morgan fingerprint density at radius 2 is 2.19 bits per heavy atom. The number of aliphatic imine (C=N–C) groups is 1. The number of carbonyl (C=O) groups excluding carboxylic acids is 1. The quantitative estimate of drug-likeness (QED) is 0.782. The van der Waals surface area contributed by atoms with Crippen molar-refractivity contribution in [3.05, 3.63) is 24.3 Å². The van der Waals surface area contributed by atoms with Gasteiger partial charge in [-0.2, -0.15) is 0 Å². The summed E-state index contributed by atoms with van der Waals surface area (Å²) in [5, 5.41) is 2.79. The molecule has 1 amide bonds. The van der Waals surface area contributed by atoms with Crippen molar-refractivity contribution in [3.63, 3.8) is 0 Å². The zero-order chi connectivity index (χ0) is 19.5. The van der Waals surface area contributed by atoms with E-state index in [4.69, 9.17) is 4.74 Å². The zero-order valence-electron chi connectivity index (χ0n) is 15.7. The first-order valence-electron chi connectivity index (χ1n) is 9.05. The van der Waals surface area contributed by atoms with Crippen LogP contribution in [0.25, 0.3) is 0 Å². The number of rotatable bonds is 5. The fourth-order valence-corrected chi connectivity index (χ4v) is 4.27. The van der Waals surface area contributed by atoms with Crippen LogP contribution >= 0.6 is 0 Å². The number of nitrogens with zero attached hydrogens (tertiary/aromatic N) is 2. The molecule has 0 unspecified atom stereocenters. The number of nitrogens with one attached hydrogen (secondary N) is 2. The van der Waals surface area contributed by atoms with Crippen LogP contribution < -0.4 is 10.0 Å². The molecule has 0 saturated carbocycles. The van der Waals surface area contributed by atoms with Crippen LogP contribution in [-0.2, 0) is 19.6 Å². The molecule has 0 bridgehead atoms. The van der Waals surface area contributed by atoms with Crippen LogP contribution in [-0.4, -0.2) is 63.4 Å². The van der Waals surface area contributed by atoms with Gasteiger partial charge < -0.3 is 10.1 Å². The molecule has 2 N–H and O–H groups in total. The van der Waals surface area contributed by atoms with E-state index in [-0.39, 0.29) is 22.9 Å². The Balaban J connectivity index is 1.65. The third-order valence-electron chi connectivity index (χ3n) is 4.71. The van der Waals surface area contributed by atoms with Crippen molar-refractivity contribution in [2.75, 3.05) is 38.2 Å². The highest BCUT2D eigenvalue weighted by Crippen LogP contribution is 2.20. The average Bonchev–Trinajstić information content (AvgIpc) is 3.09. The van der Waals surface area contributed by atoms with Crippen LogP contribution in [0, 0.1) is 0 Å². The molecule has 0 aliphatic carbocycles. The third kappa shape index (κ3) is 5.06. The number of benzene rings is 1. The fraction of sp³-hybridized carbons (Fsp3) is 0.556. The Kier molecular flexibility index (Phi) is 5.83. The predicted molar refractivity (Wildman–Crippen MR) is 103 cm³/mol. The average molecular weight is 394 g/mol. The van der Waals surface area contributed by atoms with Crippen molar-refractivity contribution in [2.45, 2.75) is 37.1 Å². The summed E-state index contributed by atoms with van der Waals surface area (Å²) < 4.78 is 33.0. The highest BCUT2D eigenvalue weighted by molar-refractivity contribution is 7.90. The molecular weight excluding hydrogens is 368 g/mol. The molecule has 2 heterocycles. The number of morpholine rings is 1. The summed E-state index contributed by atoms with van der Waals surface area (Å²) in [6.45, 7) is 6.78. The molecule has 148 valence electrons. The van der Waals surface area contributed by atoms with Gasteiger partial charge in [-0.25, -0.2) is 8.42 Å². The van der Waals surface area contributed by atoms with Gasteiger partial charge in [-0.3, -0.25) is 19.4 Å². The van der Waals surface area contributed by atoms with Crippen LogP contribution in [0.3, 0.4) is 0 Å². The minimum absolute atomic E-state index is 0.0987. The molecule has 0 aromatic heterocycles. The fourth-order valence-electron chi connectivity index (χ4n) is 3.14. The van der Waals surface area contributed by atoms with Crippen molar-refractivity contribution >= 4 is 27.5 Å². The lowest BCUT2D eigenvalue weighted by molar-refractivity contribution is -0.122. The monoisotopic (exact) mass is 394 g/mol. The van der Waals surface area contributed by atoms with Crippen LogP contribution in [0.15, 0.2) is 34.2 Å². The van der Waals surface area contributed by atoms with E-state index < -0.39 is 10.0 Å². The van der Waals surface area contributed by atoms with Crippen molar-refractivity contribution in [3.8, 4) is 0 Å². The molecule has 1 aromatic rings. The van der Waals surface area contributed by atoms with Crippen molar-refractivity contribution in [1.82, 2.24) is 9.62 Å². The number of sulfonamides is 1. The molecule has 3 rings (SSSR count). The number of anilines is 1. The summed E-state index contributed by atoms with van der Waals surface area (Å²) in [7, 11) is -3.71. The summed E-state index contributed by atoms with van der Waals surface area (Å²) in [4.78, 5) is 18.7. The Morgan fingerprint density at radius 1 is 1.37 bits per heavy atom. The van der Waals surface area contributed by atoms with Gasteiger partial charge in [-0.1, -0.05) is 6.07 Å². The normalized spacial score (nSPS) is 20.1. The molecule has 9 heteroatoms. The van der Waals surface area contributed by atoms with Gasteiger partial charge in [0.1, 0.15) is 5.84 Å². The minimum atomic E-state index is -3.71. The van der Waals surface area contributed by atoms with E-state index in [1.165, 1.54) is 12.1 Å². The lowest BCUT2D eigenvalue weighted by atomic mass is 10.0. The maximum absolute atomic E-state index is 12.5. The maximum Gasteiger partial charge on any atom is 0.262 e. The Morgan fingerprint density at radius 3 is 2.89 bits per heavy atom. The van der Waals surface area contributed by atoms with E-state index in [1.54, 1.807) is 12.1 Å². The number of ether oxygens (including phenoxy) is 1. The second kappa shape index (κ2) is 7.95. The summed E-state index contributed by atoms with van der Waals surface area (Å²) in [5.74, 6) is 0.298. The standard InChI is InChI=1S/C18H26N4O4S/c1-18(2)13-26-10-9-22(18)12-17(23)20-14-5-3-6-15(11-14)27(24,25)21-16-7-4-8-19-16/h3,5-6,11H,4,7-10,12-13H2,1-2H3,(H,19,21)(H,20,23). The van der Waals surface area contributed by atoms with Crippen LogP contribution in [0.4, 0.5) is 5.69 Å². The molecule has 2 aliphatic heterocycles. The topological polar surface area (TPSA) is 100 Å². The second-order valence-electron chi connectivity index (χ2n) is 7.40. The molecule has 1 saturated heterocycles. The van der Waals surface area contributed by atoms with Gasteiger partial charge in [0, 0.05) is 30.7 Å². The largest absolute Gasteiger partial charge is 0.378 e. The third-order valence-corrected chi connectivity index (χ3v) is 6.08. The predicted octanol–water partition coefficient (Wildman–Crippen LogP) is 1.21. The Bertz CT molecular complexity index is 836. The van der Waals surface area contributed by atoms with E-state index in [1.807, 2.05) is 13.8 Å². The molecule has 8 nitrogen and oxygen atoms in total. The smallest absolute Gasteiger partial charge is 0.262 e. The number of amidine groups is 1. The molecule has 1 fully saturated rings. The summed E-state index contributed by atoms with van der Waals surface area (Å²) >= 11 is 0. The summed E-state index contributed by atoms with van der Waals surface area (Å²) in [6, 6.07) is 6.24. The Hall–Kier alpha value is -1.97. The van der Waals surface area contributed by atoms with E-state index in [2.05, 4.69) is 19.9 Å². The van der Waals surface area contributed by atoms with Crippen molar-refractivity contribution < 1.29 is 17.9 Å². The van der Waals surface area contributed by atoms with E-state index >= 15 is 0 Å². The van der Waals surface area contributed by atoms with Gasteiger partial charge >= 0.3 is 0 Å². The van der Waals surface area contributed by atoms with E-state index in [0.29, 0.717) is 44.2 Å². The van der Waals surface area contributed by atoms with Gasteiger partial charge in [0.15, 0.2) is 0 Å². The van der Waals surface area contributed by atoms with Crippen LogP contribution in [0.1, 0.15) is 26.7 Å². The highest BCUT2D eigenvalue weighted by atomic mass is 32.2. The number of carbonyl (C=O) groups is 1. The van der Waals surface area contributed by atoms with E-state index in [9.17, 15) is 13.2 Å². The van der Waals surface area contributed by atoms with Gasteiger partial charge in [0.2, 0.25) is 5.91 Å². The second-order valence-corrected chi connectivity index (χ2v) is 9.08. The SMILES string of the molecule is CC1(C)COCCN1CC(=O)Nc1cccc(S(=O)(=O)NC2=NCCC2)c1. The summed E-state index contributed by atoms with van der Waals surface area (Å²) in [5.41, 5.74) is 0.231. The number of hydrogen-bond acceptors (Lipinski definition) is 6. The lowest BCUT2D eigenvalue weighted by Crippen LogP contribution is -2.55. The molecule has 2 aliphatic rings. The lowest BCUT2D eigenvalue weighted by Gasteiger charge is -2.41. The Labute approximate surface area is 160 Å². The molecule has 27 heavy (non-hydrogen) atoms. The zero-order valence-corrected chi connectivity index (χ0v) is 16.5. The van der Waals surface area contributed by atoms with Gasteiger partial charge in [0.05, 0.1) is 24.7 Å². The molecule has 1 aromatic carbocycles. The van der Waals surface area contributed by atoms with Crippen molar-refractivity contribution in [1.29, 1.82) is 0 Å². The molecule has 0 atom stereocenters. The van der Waals surface area contributed by atoms with Gasteiger partial charge in [-0.05, 0) is 38.5 Å². The molecular formula is C18H26N4O4S. The number of amides is 1. The first-order chi connectivity index (χ1) is 12.8. The molecule has 0 radical (unpaired) electrons. The van der Waals surface area contributed by atoms with E-state index in [0.717, 1.165) is 6.42 Å². The van der Waals surface area contributed by atoms with Crippen LogP contribution in [0.2, 0.25) is 0 Å². The van der Waals surface area contributed by atoms with Gasteiger partial charge in [0.25, 0.3) is 10.0 Å². The number of hydrogen-bond donors (Lipinski definition) is 2. The molecule has 0 spiro atoms.